The number of methoxy groups -OCH3 is 1. The quantitative estimate of drug-likeness (QED) is 0.836. The monoisotopic (exact) mass is 250 g/mol. The van der Waals surface area contributed by atoms with Crippen LogP contribution in [-0.4, -0.2) is 29.7 Å². The van der Waals surface area contributed by atoms with Crippen LogP contribution in [0.4, 0.5) is 5.69 Å². The molecule has 1 fully saturated rings. The van der Waals surface area contributed by atoms with Gasteiger partial charge in [-0.25, -0.2) is 4.98 Å². The molecule has 1 heterocycles. The van der Waals surface area contributed by atoms with E-state index in [2.05, 4.69) is 10.3 Å². The normalized spacial score (nSPS) is 22.7. The van der Waals surface area contributed by atoms with Gasteiger partial charge in [0.05, 0.1) is 13.0 Å². The largest absolute Gasteiger partial charge is 0.481 e. The Balaban J connectivity index is 1.92. The van der Waals surface area contributed by atoms with Gasteiger partial charge in [0.2, 0.25) is 5.88 Å². The Kier molecular flexibility index (Phi) is 4.02. The maximum Gasteiger partial charge on any atom is 0.306 e. The fourth-order valence-corrected chi connectivity index (χ4v) is 2.49. The van der Waals surface area contributed by atoms with Crippen molar-refractivity contribution in [2.45, 2.75) is 19.3 Å². The third-order valence-electron chi connectivity index (χ3n) is 3.49. The fraction of sp³-hybridized carbons (Fsp3) is 0.538. The summed E-state index contributed by atoms with van der Waals surface area (Å²) in [6.07, 6.45) is 4.45. The molecule has 18 heavy (non-hydrogen) atoms. The minimum Gasteiger partial charge on any atom is -0.481 e. The Hall–Kier alpha value is -1.78. The van der Waals surface area contributed by atoms with Gasteiger partial charge in [-0.15, -0.1) is 0 Å². The highest BCUT2D eigenvalue weighted by Gasteiger charge is 2.32. The van der Waals surface area contributed by atoms with Gasteiger partial charge in [-0.2, -0.15) is 0 Å². The number of pyridine rings is 1. The van der Waals surface area contributed by atoms with Crippen LogP contribution in [0.3, 0.4) is 0 Å². The first-order valence-corrected chi connectivity index (χ1v) is 6.17. The minimum absolute atomic E-state index is 0.207. The van der Waals surface area contributed by atoms with E-state index in [4.69, 9.17) is 9.84 Å². The Morgan fingerprint density at radius 1 is 1.61 bits per heavy atom. The summed E-state index contributed by atoms with van der Waals surface area (Å²) in [6, 6.07) is 3.66. The second kappa shape index (κ2) is 5.71. The summed E-state index contributed by atoms with van der Waals surface area (Å²) in [7, 11) is 1.57. The SMILES string of the molecule is COc1cc(NCC2CCCC2C(=O)O)ccn1. The molecule has 1 aliphatic carbocycles. The number of hydrogen-bond acceptors (Lipinski definition) is 4. The van der Waals surface area contributed by atoms with Crippen molar-refractivity contribution in [2.24, 2.45) is 11.8 Å². The van der Waals surface area contributed by atoms with Crippen LogP contribution in [0.25, 0.3) is 0 Å². The summed E-state index contributed by atoms with van der Waals surface area (Å²) in [4.78, 5) is 15.1. The van der Waals surface area contributed by atoms with Gasteiger partial charge in [-0.3, -0.25) is 4.79 Å². The molecule has 98 valence electrons. The number of aliphatic carboxylic acids is 1. The first-order valence-electron chi connectivity index (χ1n) is 6.17. The summed E-state index contributed by atoms with van der Waals surface area (Å²) in [5.41, 5.74) is 0.915. The van der Waals surface area contributed by atoms with Gasteiger partial charge < -0.3 is 15.2 Å². The number of aromatic nitrogens is 1. The average Bonchev–Trinajstić information content (AvgIpc) is 2.85. The molecule has 1 aromatic heterocycles. The Labute approximate surface area is 106 Å². The lowest BCUT2D eigenvalue weighted by atomic mass is 9.96. The molecule has 1 saturated carbocycles. The van der Waals surface area contributed by atoms with E-state index in [9.17, 15) is 4.79 Å². The van der Waals surface area contributed by atoms with Crippen LogP contribution in [-0.2, 0) is 4.79 Å². The number of rotatable bonds is 5. The fourth-order valence-electron chi connectivity index (χ4n) is 2.49. The number of nitrogens with zero attached hydrogens (tertiary/aromatic N) is 1. The van der Waals surface area contributed by atoms with E-state index in [1.54, 1.807) is 13.3 Å². The van der Waals surface area contributed by atoms with Gasteiger partial charge in [0, 0.05) is 24.5 Å². The van der Waals surface area contributed by atoms with E-state index < -0.39 is 5.97 Å². The molecule has 1 aliphatic rings. The third-order valence-corrected chi connectivity index (χ3v) is 3.49. The van der Waals surface area contributed by atoms with Crippen molar-refractivity contribution >= 4 is 11.7 Å². The smallest absolute Gasteiger partial charge is 0.306 e. The van der Waals surface area contributed by atoms with Crippen LogP contribution < -0.4 is 10.1 Å². The molecule has 1 aromatic rings. The second-order valence-corrected chi connectivity index (χ2v) is 4.60. The number of anilines is 1. The van der Waals surface area contributed by atoms with E-state index in [0.29, 0.717) is 12.4 Å². The molecule has 2 unspecified atom stereocenters. The van der Waals surface area contributed by atoms with Gasteiger partial charge in [0.1, 0.15) is 0 Å². The topological polar surface area (TPSA) is 71.5 Å². The van der Waals surface area contributed by atoms with E-state index in [1.807, 2.05) is 12.1 Å². The number of nitrogens with one attached hydrogen (secondary N) is 1. The first-order chi connectivity index (χ1) is 8.70. The number of carboxylic acids is 1. The highest BCUT2D eigenvalue weighted by molar-refractivity contribution is 5.70. The zero-order chi connectivity index (χ0) is 13.0. The first kappa shape index (κ1) is 12.7. The summed E-state index contributed by atoms with van der Waals surface area (Å²) in [5, 5.41) is 12.4. The van der Waals surface area contributed by atoms with Gasteiger partial charge >= 0.3 is 5.97 Å². The third kappa shape index (κ3) is 2.91. The van der Waals surface area contributed by atoms with Crippen LogP contribution in [0.15, 0.2) is 18.3 Å². The van der Waals surface area contributed by atoms with Gasteiger partial charge in [0.15, 0.2) is 0 Å². The van der Waals surface area contributed by atoms with Crippen molar-refractivity contribution < 1.29 is 14.6 Å². The Morgan fingerprint density at radius 3 is 3.17 bits per heavy atom. The number of carboxylic acid groups (broad SMARTS) is 1. The highest BCUT2D eigenvalue weighted by atomic mass is 16.5. The molecule has 0 spiro atoms. The van der Waals surface area contributed by atoms with E-state index in [1.165, 1.54) is 0 Å². The standard InChI is InChI=1S/C13H18N2O3/c1-18-12-7-10(5-6-14-12)15-8-9-3-2-4-11(9)13(16)17/h5-7,9,11H,2-4,8H2,1H3,(H,14,15)(H,16,17). The molecule has 0 radical (unpaired) electrons. The minimum atomic E-state index is -0.674. The van der Waals surface area contributed by atoms with Crippen LogP contribution in [0.2, 0.25) is 0 Å². The Morgan fingerprint density at radius 2 is 2.44 bits per heavy atom. The zero-order valence-electron chi connectivity index (χ0n) is 10.4. The lowest BCUT2D eigenvalue weighted by Gasteiger charge is -2.17. The van der Waals surface area contributed by atoms with Crippen molar-refractivity contribution in [1.82, 2.24) is 4.98 Å². The van der Waals surface area contributed by atoms with Crippen molar-refractivity contribution in [3.63, 3.8) is 0 Å². The molecule has 5 heteroatoms. The molecule has 5 nitrogen and oxygen atoms in total. The molecule has 0 aliphatic heterocycles. The number of hydrogen-bond donors (Lipinski definition) is 2. The summed E-state index contributed by atoms with van der Waals surface area (Å²) in [5.74, 6) is -0.115. The van der Waals surface area contributed by atoms with Crippen molar-refractivity contribution in [3.8, 4) is 5.88 Å². The van der Waals surface area contributed by atoms with Gasteiger partial charge in [-0.1, -0.05) is 6.42 Å². The number of carbonyl (C=O) groups is 1. The maximum absolute atomic E-state index is 11.1. The molecule has 0 aromatic carbocycles. The molecule has 2 N–H and O–H groups in total. The highest BCUT2D eigenvalue weighted by Crippen LogP contribution is 2.32. The molecular weight excluding hydrogens is 232 g/mol. The molecule has 2 atom stereocenters. The predicted octanol–water partition coefficient (Wildman–Crippen LogP) is 2.00. The Bertz CT molecular complexity index is 422. The molecule has 2 rings (SSSR count). The van der Waals surface area contributed by atoms with Gasteiger partial charge in [-0.05, 0) is 24.8 Å². The average molecular weight is 250 g/mol. The lowest BCUT2D eigenvalue weighted by Crippen LogP contribution is -2.24. The summed E-state index contributed by atoms with van der Waals surface area (Å²) >= 11 is 0. The van der Waals surface area contributed by atoms with E-state index >= 15 is 0 Å². The zero-order valence-corrected chi connectivity index (χ0v) is 10.4. The van der Waals surface area contributed by atoms with Crippen LogP contribution >= 0.6 is 0 Å². The maximum atomic E-state index is 11.1. The van der Waals surface area contributed by atoms with E-state index in [0.717, 1.165) is 24.9 Å². The molecule has 0 saturated heterocycles. The van der Waals surface area contributed by atoms with Crippen LogP contribution in [0, 0.1) is 11.8 Å². The van der Waals surface area contributed by atoms with Crippen LogP contribution in [0.1, 0.15) is 19.3 Å². The van der Waals surface area contributed by atoms with Crippen molar-refractivity contribution in [2.75, 3.05) is 19.0 Å². The van der Waals surface area contributed by atoms with Crippen LogP contribution in [0.5, 0.6) is 5.88 Å². The predicted molar refractivity (Wildman–Crippen MR) is 67.7 cm³/mol. The molecule has 0 amide bonds. The lowest BCUT2D eigenvalue weighted by molar-refractivity contribution is -0.142. The second-order valence-electron chi connectivity index (χ2n) is 4.60. The van der Waals surface area contributed by atoms with Crippen molar-refractivity contribution in [3.05, 3.63) is 18.3 Å². The van der Waals surface area contributed by atoms with E-state index in [-0.39, 0.29) is 11.8 Å². The van der Waals surface area contributed by atoms with Gasteiger partial charge in [0.25, 0.3) is 0 Å². The van der Waals surface area contributed by atoms with Crippen molar-refractivity contribution in [1.29, 1.82) is 0 Å². The summed E-state index contributed by atoms with van der Waals surface area (Å²) < 4.78 is 5.04. The molecule has 0 bridgehead atoms. The molecular formula is C13H18N2O3. The number of ether oxygens (including phenoxy) is 1. The summed E-state index contributed by atoms with van der Waals surface area (Å²) in [6.45, 7) is 0.685.